The van der Waals surface area contributed by atoms with Gasteiger partial charge in [-0.2, -0.15) is 0 Å². The first-order valence-corrected chi connectivity index (χ1v) is 7.44. The first-order chi connectivity index (χ1) is 10.2. The van der Waals surface area contributed by atoms with Crippen LogP contribution in [0.2, 0.25) is 0 Å². The molecule has 0 heterocycles. The molecule has 0 bridgehead atoms. The Labute approximate surface area is 124 Å². The minimum absolute atomic E-state index is 0.0184. The lowest BCUT2D eigenvalue weighted by Crippen LogP contribution is -2.47. The van der Waals surface area contributed by atoms with Crippen molar-refractivity contribution >= 4 is 11.8 Å². The van der Waals surface area contributed by atoms with Gasteiger partial charge in [-0.05, 0) is 25.0 Å². The van der Waals surface area contributed by atoms with Gasteiger partial charge in [0.1, 0.15) is 0 Å². The van der Waals surface area contributed by atoms with Crippen LogP contribution in [-0.4, -0.2) is 36.1 Å². The third kappa shape index (κ3) is 4.56. The predicted molar refractivity (Wildman–Crippen MR) is 79.7 cm³/mol. The van der Waals surface area contributed by atoms with E-state index < -0.39 is 0 Å². The van der Waals surface area contributed by atoms with Crippen LogP contribution >= 0.6 is 0 Å². The molecule has 2 amide bonds. The number of amides is 2. The summed E-state index contributed by atoms with van der Waals surface area (Å²) in [5.74, 6) is -0.328. The maximum absolute atomic E-state index is 11.9. The van der Waals surface area contributed by atoms with E-state index in [0.717, 1.165) is 25.7 Å². The van der Waals surface area contributed by atoms with Gasteiger partial charge >= 0.3 is 0 Å². The van der Waals surface area contributed by atoms with Crippen LogP contribution in [0.25, 0.3) is 0 Å². The van der Waals surface area contributed by atoms with Gasteiger partial charge in [0.2, 0.25) is 5.91 Å². The molecule has 5 nitrogen and oxygen atoms in total. The van der Waals surface area contributed by atoms with Crippen LogP contribution in [0.4, 0.5) is 0 Å². The number of rotatable bonds is 5. The molecule has 0 spiro atoms. The SMILES string of the molecule is O=C(CNC(=O)c1ccccc1)NC1CCCCC1CO. The van der Waals surface area contributed by atoms with E-state index in [1.165, 1.54) is 0 Å². The third-order valence-electron chi connectivity index (χ3n) is 3.94. The average Bonchev–Trinajstić information content (AvgIpc) is 2.54. The normalized spacial score (nSPS) is 21.6. The Morgan fingerprint density at radius 2 is 1.86 bits per heavy atom. The van der Waals surface area contributed by atoms with Crippen LogP contribution < -0.4 is 10.6 Å². The lowest BCUT2D eigenvalue weighted by atomic mass is 9.85. The van der Waals surface area contributed by atoms with Crippen molar-refractivity contribution in [3.05, 3.63) is 35.9 Å². The van der Waals surface area contributed by atoms with Crippen LogP contribution in [0.15, 0.2) is 30.3 Å². The predicted octanol–water partition coefficient (Wildman–Crippen LogP) is 1.08. The summed E-state index contributed by atoms with van der Waals surface area (Å²) >= 11 is 0. The Kier molecular flexibility index (Phi) is 5.75. The molecule has 0 saturated heterocycles. The second-order valence-corrected chi connectivity index (χ2v) is 5.45. The summed E-state index contributed by atoms with van der Waals surface area (Å²) in [5.41, 5.74) is 0.538. The number of hydrogen-bond donors (Lipinski definition) is 3. The van der Waals surface area contributed by atoms with Crippen molar-refractivity contribution in [2.24, 2.45) is 5.92 Å². The fourth-order valence-corrected chi connectivity index (χ4v) is 2.73. The molecule has 3 N–H and O–H groups in total. The molecule has 1 aliphatic rings. The summed E-state index contributed by atoms with van der Waals surface area (Å²) in [5, 5.41) is 14.8. The zero-order valence-electron chi connectivity index (χ0n) is 12.0. The fourth-order valence-electron chi connectivity index (χ4n) is 2.73. The fraction of sp³-hybridized carbons (Fsp3) is 0.500. The van der Waals surface area contributed by atoms with Gasteiger partial charge in [0.25, 0.3) is 5.91 Å². The summed E-state index contributed by atoms with van der Waals surface area (Å²) in [6.07, 6.45) is 4.00. The molecule has 0 radical (unpaired) electrons. The second-order valence-electron chi connectivity index (χ2n) is 5.45. The summed E-state index contributed by atoms with van der Waals surface area (Å²) in [6.45, 7) is 0.0592. The molecule has 2 rings (SSSR count). The van der Waals surface area contributed by atoms with Crippen LogP contribution in [0.3, 0.4) is 0 Å². The molecule has 1 fully saturated rings. The Morgan fingerprint density at radius 3 is 2.57 bits per heavy atom. The van der Waals surface area contributed by atoms with E-state index in [4.69, 9.17) is 0 Å². The van der Waals surface area contributed by atoms with E-state index in [9.17, 15) is 14.7 Å². The van der Waals surface area contributed by atoms with E-state index >= 15 is 0 Å². The Bertz CT molecular complexity index is 476. The molecule has 114 valence electrons. The largest absolute Gasteiger partial charge is 0.396 e. The maximum Gasteiger partial charge on any atom is 0.251 e. The molecule has 0 aromatic heterocycles. The quantitative estimate of drug-likeness (QED) is 0.759. The first-order valence-electron chi connectivity index (χ1n) is 7.44. The van der Waals surface area contributed by atoms with Gasteiger partial charge in [-0.3, -0.25) is 9.59 Å². The highest BCUT2D eigenvalue weighted by molar-refractivity contribution is 5.96. The molecule has 1 aliphatic carbocycles. The molecular weight excluding hydrogens is 268 g/mol. The van der Waals surface area contributed by atoms with Crippen LogP contribution in [0, 0.1) is 5.92 Å². The molecule has 1 aromatic rings. The number of benzene rings is 1. The highest BCUT2D eigenvalue weighted by Crippen LogP contribution is 2.23. The van der Waals surface area contributed by atoms with E-state index in [1.54, 1.807) is 24.3 Å². The van der Waals surface area contributed by atoms with Gasteiger partial charge < -0.3 is 15.7 Å². The minimum Gasteiger partial charge on any atom is -0.396 e. The molecule has 21 heavy (non-hydrogen) atoms. The Morgan fingerprint density at radius 1 is 1.14 bits per heavy atom. The van der Waals surface area contributed by atoms with Gasteiger partial charge in [0, 0.05) is 24.1 Å². The third-order valence-corrected chi connectivity index (χ3v) is 3.94. The number of aliphatic hydroxyl groups excluding tert-OH is 1. The molecular formula is C16H22N2O3. The zero-order chi connectivity index (χ0) is 15.1. The van der Waals surface area contributed by atoms with Crippen molar-refractivity contribution in [2.75, 3.05) is 13.2 Å². The van der Waals surface area contributed by atoms with Crippen molar-refractivity contribution in [3.8, 4) is 0 Å². The van der Waals surface area contributed by atoms with E-state index in [1.807, 2.05) is 6.07 Å². The van der Waals surface area contributed by atoms with Gasteiger partial charge in [0.05, 0.1) is 6.54 Å². The number of hydrogen-bond acceptors (Lipinski definition) is 3. The number of nitrogens with one attached hydrogen (secondary N) is 2. The monoisotopic (exact) mass is 290 g/mol. The van der Waals surface area contributed by atoms with Gasteiger partial charge in [-0.25, -0.2) is 0 Å². The number of carbonyl (C=O) groups is 2. The Hall–Kier alpha value is -1.88. The van der Waals surface area contributed by atoms with Gasteiger partial charge in [-0.15, -0.1) is 0 Å². The molecule has 2 unspecified atom stereocenters. The molecule has 2 atom stereocenters. The van der Waals surface area contributed by atoms with E-state index in [-0.39, 0.29) is 36.9 Å². The van der Waals surface area contributed by atoms with Crippen molar-refractivity contribution < 1.29 is 14.7 Å². The van der Waals surface area contributed by atoms with Gasteiger partial charge in [-0.1, -0.05) is 31.0 Å². The summed E-state index contributed by atoms with van der Waals surface area (Å²) in [7, 11) is 0. The van der Waals surface area contributed by atoms with Crippen molar-refractivity contribution in [1.29, 1.82) is 0 Å². The Balaban J connectivity index is 1.78. The summed E-state index contributed by atoms with van der Waals surface area (Å²) in [4.78, 5) is 23.7. The lowest BCUT2D eigenvalue weighted by Gasteiger charge is -2.30. The smallest absolute Gasteiger partial charge is 0.251 e. The molecule has 5 heteroatoms. The standard InChI is InChI=1S/C16H22N2O3/c19-11-13-8-4-5-9-14(13)18-15(20)10-17-16(21)12-6-2-1-3-7-12/h1-3,6-7,13-14,19H,4-5,8-11H2,(H,17,21)(H,18,20). The van der Waals surface area contributed by atoms with Crippen LogP contribution in [0.1, 0.15) is 36.0 Å². The summed E-state index contributed by atoms with van der Waals surface area (Å²) < 4.78 is 0. The zero-order valence-corrected chi connectivity index (χ0v) is 12.0. The molecule has 0 aliphatic heterocycles. The lowest BCUT2D eigenvalue weighted by molar-refractivity contribution is -0.121. The maximum atomic E-state index is 11.9. The van der Waals surface area contributed by atoms with Crippen molar-refractivity contribution in [2.45, 2.75) is 31.7 Å². The number of aliphatic hydroxyl groups is 1. The minimum atomic E-state index is -0.256. The highest BCUT2D eigenvalue weighted by Gasteiger charge is 2.25. The average molecular weight is 290 g/mol. The first kappa shape index (κ1) is 15.5. The number of carbonyl (C=O) groups excluding carboxylic acids is 2. The van der Waals surface area contributed by atoms with Crippen molar-refractivity contribution in [1.82, 2.24) is 10.6 Å². The van der Waals surface area contributed by atoms with Crippen molar-refractivity contribution in [3.63, 3.8) is 0 Å². The molecule has 1 saturated carbocycles. The topological polar surface area (TPSA) is 78.4 Å². The summed E-state index contributed by atoms with van der Waals surface area (Å²) in [6, 6.07) is 8.82. The van der Waals surface area contributed by atoms with E-state index in [2.05, 4.69) is 10.6 Å². The highest BCUT2D eigenvalue weighted by atomic mass is 16.3. The van der Waals surface area contributed by atoms with E-state index in [0.29, 0.717) is 5.56 Å². The molecule has 1 aromatic carbocycles. The van der Waals surface area contributed by atoms with Crippen LogP contribution in [0.5, 0.6) is 0 Å². The second kappa shape index (κ2) is 7.78. The van der Waals surface area contributed by atoms with Gasteiger partial charge in [0.15, 0.2) is 0 Å². The van der Waals surface area contributed by atoms with Crippen LogP contribution in [-0.2, 0) is 4.79 Å².